The molecule has 0 aromatic heterocycles. The molecule has 0 aromatic rings. The van der Waals surface area contributed by atoms with Gasteiger partial charge in [-0.1, -0.05) is 6.92 Å². The fraction of sp³-hybridized carbons (Fsp3) is 0.909. The Morgan fingerprint density at radius 1 is 1.69 bits per heavy atom. The van der Waals surface area contributed by atoms with Gasteiger partial charge >= 0.3 is 5.97 Å². The van der Waals surface area contributed by atoms with Crippen molar-refractivity contribution in [3.63, 3.8) is 0 Å². The molecule has 2 atom stereocenters. The van der Waals surface area contributed by atoms with Crippen LogP contribution >= 0.6 is 0 Å². The first kappa shape index (κ1) is 13.4. The molecular formula is C11H21NO4. The number of rotatable bonds is 5. The number of methoxy groups -OCH3 is 1. The molecule has 1 saturated heterocycles. The molecule has 0 spiro atoms. The quantitative estimate of drug-likeness (QED) is 0.750. The monoisotopic (exact) mass is 231 g/mol. The third kappa shape index (κ3) is 2.53. The van der Waals surface area contributed by atoms with Crippen molar-refractivity contribution >= 4 is 5.97 Å². The van der Waals surface area contributed by atoms with E-state index >= 15 is 0 Å². The van der Waals surface area contributed by atoms with Crippen LogP contribution in [0.4, 0.5) is 0 Å². The fourth-order valence-electron chi connectivity index (χ4n) is 2.19. The predicted octanol–water partition coefficient (Wildman–Crippen LogP) is 0.587. The highest BCUT2D eigenvalue weighted by atomic mass is 16.5. The van der Waals surface area contributed by atoms with Gasteiger partial charge in [-0.25, -0.2) is 0 Å². The maximum absolute atomic E-state index is 11.4. The van der Waals surface area contributed by atoms with Gasteiger partial charge in [0.05, 0.1) is 19.8 Å². The van der Waals surface area contributed by atoms with Gasteiger partial charge in [0.25, 0.3) is 0 Å². The molecule has 5 nitrogen and oxygen atoms in total. The fourth-order valence-corrected chi connectivity index (χ4v) is 2.19. The van der Waals surface area contributed by atoms with E-state index in [1.165, 1.54) is 7.11 Å². The average molecular weight is 231 g/mol. The first-order valence-corrected chi connectivity index (χ1v) is 5.63. The highest BCUT2D eigenvalue weighted by Crippen LogP contribution is 2.23. The molecular weight excluding hydrogens is 210 g/mol. The summed E-state index contributed by atoms with van der Waals surface area (Å²) in [5, 5.41) is 9.37. The van der Waals surface area contributed by atoms with Crippen molar-refractivity contribution in [3.8, 4) is 0 Å². The van der Waals surface area contributed by atoms with Crippen molar-refractivity contribution in [2.75, 3.05) is 33.5 Å². The number of carboxylic acids is 1. The van der Waals surface area contributed by atoms with E-state index in [9.17, 15) is 9.90 Å². The van der Waals surface area contributed by atoms with Crippen molar-refractivity contribution < 1.29 is 19.4 Å². The molecule has 1 fully saturated rings. The molecule has 0 bridgehead atoms. The molecule has 1 rings (SSSR count). The van der Waals surface area contributed by atoms with Crippen LogP contribution in [-0.4, -0.2) is 61.0 Å². The number of carboxylic acid groups (broad SMARTS) is 1. The van der Waals surface area contributed by atoms with Gasteiger partial charge in [-0.05, 0) is 13.3 Å². The lowest BCUT2D eigenvalue weighted by Gasteiger charge is -2.44. The number of morpholine rings is 1. The van der Waals surface area contributed by atoms with Gasteiger partial charge in [0.15, 0.2) is 0 Å². The molecule has 0 radical (unpaired) electrons. The van der Waals surface area contributed by atoms with E-state index in [0.717, 1.165) is 6.42 Å². The zero-order valence-electron chi connectivity index (χ0n) is 10.2. The minimum atomic E-state index is -0.959. The smallest absolute Gasteiger partial charge is 0.326 e. The zero-order valence-corrected chi connectivity index (χ0v) is 10.2. The zero-order chi connectivity index (χ0) is 12.2. The second-order valence-corrected chi connectivity index (χ2v) is 4.34. The van der Waals surface area contributed by atoms with E-state index in [2.05, 4.69) is 0 Å². The molecule has 2 unspecified atom stereocenters. The Bertz CT molecular complexity index is 246. The molecule has 94 valence electrons. The van der Waals surface area contributed by atoms with E-state index in [0.29, 0.717) is 19.8 Å². The highest BCUT2D eigenvalue weighted by molar-refractivity contribution is 5.78. The van der Waals surface area contributed by atoms with Crippen LogP contribution in [0.25, 0.3) is 0 Å². The first-order chi connectivity index (χ1) is 7.56. The number of ether oxygens (including phenoxy) is 2. The van der Waals surface area contributed by atoms with E-state index in [1.54, 1.807) is 6.92 Å². The topological polar surface area (TPSA) is 59.0 Å². The summed E-state index contributed by atoms with van der Waals surface area (Å²) >= 11 is 0. The Labute approximate surface area is 96.3 Å². The summed E-state index contributed by atoms with van der Waals surface area (Å²) in [5.74, 6) is -0.838. The Balaban J connectivity index is 2.86. The SMILES string of the molecule is CCC1COCCN1C(C)(COC)C(=O)O. The summed E-state index contributed by atoms with van der Waals surface area (Å²) in [5.41, 5.74) is -0.959. The molecule has 5 heteroatoms. The Morgan fingerprint density at radius 2 is 2.38 bits per heavy atom. The summed E-state index contributed by atoms with van der Waals surface area (Å²) in [4.78, 5) is 13.4. The second-order valence-electron chi connectivity index (χ2n) is 4.34. The van der Waals surface area contributed by atoms with Crippen molar-refractivity contribution in [3.05, 3.63) is 0 Å². The summed E-state index contributed by atoms with van der Waals surface area (Å²) < 4.78 is 10.4. The van der Waals surface area contributed by atoms with Crippen LogP contribution in [0.1, 0.15) is 20.3 Å². The lowest BCUT2D eigenvalue weighted by molar-refractivity contribution is -0.162. The van der Waals surface area contributed by atoms with Crippen molar-refractivity contribution in [2.45, 2.75) is 31.8 Å². The van der Waals surface area contributed by atoms with Crippen LogP contribution in [-0.2, 0) is 14.3 Å². The maximum Gasteiger partial charge on any atom is 0.326 e. The van der Waals surface area contributed by atoms with Crippen LogP contribution < -0.4 is 0 Å². The number of hydrogen-bond acceptors (Lipinski definition) is 4. The minimum absolute atomic E-state index is 0.157. The van der Waals surface area contributed by atoms with Gasteiger partial charge in [-0.15, -0.1) is 0 Å². The van der Waals surface area contributed by atoms with Gasteiger partial charge < -0.3 is 14.6 Å². The van der Waals surface area contributed by atoms with Crippen LogP contribution in [0.5, 0.6) is 0 Å². The van der Waals surface area contributed by atoms with E-state index in [1.807, 2.05) is 11.8 Å². The van der Waals surface area contributed by atoms with Gasteiger partial charge in [0.1, 0.15) is 5.54 Å². The van der Waals surface area contributed by atoms with Gasteiger partial charge in [0, 0.05) is 19.7 Å². The third-order valence-corrected chi connectivity index (χ3v) is 3.22. The molecule has 1 heterocycles. The van der Waals surface area contributed by atoms with Gasteiger partial charge in [-0.2, -0.15) is 0 Å². The van der Waals surface area contributed by atoms with Crippen molar-refractivity contribution in [2.24, 2.45) is 0 Å². The molecule has 0 saturated carbocycles. The predicted molar refractivity (Wildman–Crippen MR) is 59.5 cm³/mol. The standard InChI is InChI=1S/C11H21NO4/c1-4-9-7-16-6-5-12(9)11(2,8-15-3)10(13)14/h9H,4-8H2,1-3H3,(H,13,14). The molecule has 0 aliphatic carbocycles. The maximum atomic E-state index is 11.4. The highest BCUT2D eigenvalue weighted by Gasteiger charge is 2.43. The Hall–Kier alpha value is -0.650. The van der Waals surface area contributed by atoms with E-state index in [-0.39, 0.29) is 12.6 Å². The normalized spacial score (nSPS) is 26.3. The van der Waals surface area contributed by atoms with Crippen LogP contribution in [0.15, 0.2) is 0 Å². The van der Waals surface area contributed by atoms with Crippen molar-refractivity contribution in [1.82, 2.24) is 4.90 Å². The van der Waals surface area contributed by atoms with Crippen LogP contribution in [0.3, 0.4) is 0 Å². The van der Waals surface area contributed by atoms with Gasteiger partial charge in [0.2, 0.25) is 0 Å². The lowest BCUT2D eigenvalue weighted by Crippen LogP contribution is -2.62. The van der Waals surface area contributed by atoms with Crippen LogP contribution in [0, 0.1) is 0 Å². The largest absolute Gasteiger partial charge is 0.480 e. The van der Waals surface area contributed by atoms with E-state index in [4.69, 9.17) is 9.47 Å². The van der Waals surface area contributed by atoms with Crippen molar-refractivity contribution in [1.29, 1.82) is 0 Å². The van der Waals surface area contributed by atoms with E-state index < -0.39 is 11.5 Å². The average Bonchev–Trinajstić information content (AvgIpc) is 2.29. The third-order valence-electron chi connectivity index (χ3n) is 3.22. The number of nitrogens with zero attached hydrogens (tertiary/aromatic N) is 1. The summed E-state index contributed by atoms with van der Waals surface area (Å²) in [6, 6.07) is 0.157. The molecule has 1 N–H and O–H groups in total. The summed E-state index contributed by atoms with van der Waals surface area (Å²) in [6.45, 7) is 5.78. The molecule has 1 aliphatic heterocycles. The number of hydrogen-bond donors (Lipinski definition) is 1. The molecule has 0 amide bonds. The Morgan fingerprint density at radius 3 is 2.88 bits per heavy atom. The molecule has 0 aromatic carbocycles. The lowest BCUT2D eigenvalue weighted by atomic mass is 9.97. The second kappa shape index (κ2) is 5.61. The minimum Gasteiger partial charge on any atom is -0.480 e. The van der Waals surface area contributed by atoms with Gasteiger partial charge in [-0.3, -0.25) is 9.69 Å². The number of aliphatic carboxylic acids is 1. The summed E-state index contributed by atoms with van der Waals surface area (Å²) in [7, 11) is 1.53. The number of carbonyl (C=O) groups is 1. The molecule has 1 aliphatic rings. The Kier molecular flexibility index (Phi) is 4.70. The first-order valence-electron chi connectivity index (χ1n) is 5.63. The summed E-state index contributed by atoms with van der Waals surface area (Å²) in [6.07, 6.45) is 0.882. The molecule has 16 heavy (non-hydrogen) atoms. The van der Waals surface area contributed by atoms with Crippen LogP contribution in [0.2, 0.25) is 0 Å².